The number of hydrogen-bond donors (Lipinski definition) is 2. The van der Waals surface area contributed by atoms with Crippen LogP contribution in [-0.4, -0.2) is 30.8 Å². The Labute approximate surface area is 67.1 Å². The Morgan fingerprint density at radius 3 is 3.10 bits per heavy atom. The maximum atomic E-state index is 3.50. The first-order chi connectivity index (χ1) is 4.83. The molecule has 0 aromatic heterocycles. The van der Waals surface area contributed by atoms with E-state index in [4.69, 9.17) is 0 Å². The number of hydrogen-bond acceptors (Lipinski definition) is 3. The molecule has 10 heavy (non-hydrogen) atoms. The van der Waals surface area contributed by atoms with E-state index in [0.717, 1.165) is 0 Å². The van der Waals surface area contributed by atoms with Crippen molar-refractivity contribution in [3.8, 4) is 0 Å². The van der Waals surface area contributed by atoms with Crippen LogP contribution in [0.1, 0.15) is 13.3 Å². The molecule has 0 saturated carbocycles. The van der Waals surface area contributed by atoms with Crippen LogP contribution in [0, 0.1) is 0 Å². The van der Waals surface area contributed by atoms with E-state index in [1.807, 2.05) is 18.8 Å². The van der Waals surface area contributed by atoms with Gasteiger partial charge in [0.25, 0.3) is 0 Å². The summed E-state index contributed by atoms with van der Waals surface area (Å²) in [5.41, 5.74) is 0. The predicted molar refractivity (Wildman–Crippen MR) is 47.4 cm³/mol. The summed E-state index contributed by atoms with van der Waals surface area (Å²) >= 11 is 2.04. The molecule has 60 valence electrons. The van der Waals surface area contributed by atoms with Gasteiger partial charge >= 0.3 is 0 Å². The van der Waals surface area contributed by atoms with Gasteiger partial charge in [-0.1, -0.05) is 0 Å². The van der Waals surface area contributed by atoms with Gasteiger partial charge in [0.15, 0.2) is 0 Å². The van der Waals surface area contributed by atoms with Crippen molar-refractivity contribution in [3.63, 3.8) is 0 Å². The topological polar surface area (TPSA) is 24.1 Å². The summed E-state index contributed by atoms with van der Waals surface area (Å²) in [5.74, 6) is 2.53. The largest absolute Gasteiger partial charge is 0.305 e. The summed E-state index contributed by atoms with van der Waals surface area (Å²) in [5, 5.41) is 6.75. The Hall–Kier alpha value is 0.270. The minimum Gasteiger partial charge on any atom is -0.305 e. The van der Waals surface area contributed by atoms with Crippen LogP contribution >= 0.6 is 11.8 Å². The molecule has 2 N–H and O–H groups in total. The van der Waals surface area contributed by atoms with Crippen molar-refractivity contribution in [2.45, 2.75) is 25.6 Å². The fraction of sp³-hybridized carbons (Fsp3) is 1.00. The molecular formula is C7H16N2S. The van der Waals surface area contributed by atoms with Gasteiger partial charge in [-0.25, -0.2) is 0 Å². The highest BCUT2D eigenvalue weighted by molar-refractivity contribution is 7.99. The molecule has 1 rings (SSSR count). The van der Waals surface area contributed by atoms with Crippen LogP contribution in [0.5, 0.6) is 0 Å². The standard InChI is InChI=1S/C7H16N2S/c1-6-5-10-4-3-7(8-2)9-6/h6-9H,3-5H2,1-2H3. The second-order valence-electron chi connectivity index (χ2n) is 2.77. The first-order valence-corrected chi connectivity index (χ1v) is 4.99. The number of nitrogens with one attached hydrogen (secondary N) is 2. The third kappa shape index (κ3) is 2.48. The van der Waals surface area contributed by atoms with E-state index >= 15 is 0 Å². The highest BCUT2D eigenvalue weighted by atomic mass is 32.2. The SMILES string of the molecule is CNC1CCSCC(C)N1. The van der Waals surface area contributed by atoms with Crippen LogP contribution in [0.2, 0.25) is 0 Å². The lowest BCUT2D eigenvalue weighted by Gasteiger charge is -2.17. The minimum atomic E-state index is 0.532. The highest BCUT2D eigenvalue weighted by Crippen LogP contribution is 2.10. The Kier molecular flexibility index (Phi) is 3.52. The van der Waals surface area contributed by atoms with E-state index < -0.39 is 0 Å². The van der Waals surface area contributed by atoms with Crippen molar-refractivity contribution < 1.29 is 0 Å². The maximum Gasteiger partial charge on any atom is 0.0579 e. The van der Waals surface area contributed by atoms with Crippen LogP contribution in [0.15, 0.2) is 0 Å². The molecule has 0 aromatic rings. The van der Waals surface area contributed by atoms with Gasteiger partial charge in [0.05, 0.1) is 6.17 Å². The van der Waals surface area contributed by atoms with Gasteiger partial charge in [-0.05, 0) is 26.1 Å². The van der Waals surface area contributed by atoms with Crippen LogP contribution in [0.3, 0.4) is 0 Å². The normalized spacial score (nSPS) is 35.4. The molecule has 1 heterocycles. The lowest BCUT2D eigenvalue weighted by atomic mass is 10.3. The Morgan fingerprint density at radius 1 is 1.60 bits per heavy atom. The van der Waals surface area contributed by atoms with Gasteiger partial charge in [-0.15, -0.1) is 0 Å². The van der Waals surface area contributed by atoms with Crippen LogP contribution in [-0.2, 0) is 0 Å². The quantitative estimate of drug-likeness (QED) is 0.589. The number of thioether (sulfide) groups is 1. The first kappa shape index (κ1) is 8.37. The first-order valence-electron chi connectivity index (χ1n) is 3.84. The van der Waals surface area contributed by atoms with Gasteiger partial charge in [-0.2, -0.15) is 11.8 Å². The fourth-order valence-electron chi connectivity index (χ4n) is 1.16. The van der Waals surface area contributed by atoms with Crippen LogP contribution < -0.4 is 10.6 Å². The third-order valence-corrected chi connectivity index (χ3v) is 3.01. The Morgan fingerprint density at radius 2 is 2.40 bits per heavy atom. The molecular weight excluding hydrogens is 144 g/mol. The molecule has 3 heteroatoms. The average Bonchev–Trinajstić information content (AvgIpc) is 2.13. The van der Waals surface area contributed by atoms with Gasteiger partial charge in [-0.3, -0.25) is 5.32 Å². The van der Waals surface area contributed by atoms with E-state index in [2.05, 4.69) is 17.6 Å². The zero-order valence-electron chi connectivity index (χ0n) is 6.68. The molecule has 0 spiro atoms. The van der Waals surface area contributed by atoms with Crippen molar-refractivity contribution in [2.24, 2.45) is 0 Å². The van der Waals surface area contributed by atoms with Gasteiger partial charge in [0, 0.05) is 11.8 Å². The molecule has 1 aliphatic heterocycles. The van der Waals surface area contributed by atoms with E-state index in [0.29, 0.717) is 12.2 Å². The van der Waals surface area contributed by atoms with E-state index in [1.165, 1.54) is 17.9 Å². The summed E-state index contributed by atoms with van der Waals surface area (Å²) < 4.78 is 0. The van der Waals surface area contributed by atoms with Gasteiger partial charge < -0.3 is 5.32 Å². The molecule has 0 amide bonds. The van der Waals surface area contributed by atoms with Crippen molar-refractivity contribution in [1.82, 2.24) is 10.6 Å². The second-order valence-corrected chi connectivity index (χ2v) is 3.92. The predicted octanol–water partition coefficient (Wildman–Crippen LogP) is 0.647. The molecule has 1 aliphatic rings. The molecule has 1 saturated heterocycles. The lowest BCUT2D eigenvalue weighted by Crippen LogP contribution is -2.44. The fourth-order valence-corrected chi connectivity index (χ4v) is 2.18. The Balaban J connectivity index is 2.30. The molecule has 1 fully saturated rings. The van der Waals surface area contributed by atoms with Crippen molar-refractivity contribution in [2.75, 3.05) is 18.6 Å². The van der Waals surface area contributed by atoms with Gasteiger partial charge in [0.1, 0.15) is 0 Å². The van der Waals surface area contributed by atoms with Crippen molar-refractivity contribution in [1.29, 1.82) is 0 Å². The molecule has 2 atom stereocenters. The van der Waals surface area contributed by atoms with Crippen molar-refractivity contribution in [3.05, 3.63) is 0 Å². The zero-order valence-corrected chi connectivity index (χ0v) is 7.50. The van der Waals surface area contributed by atoms with Crippen LogP contribution in [0.25, 0.3) is 0 Å². The monoisotopic (exact) mass is 160 g/mol. The zero-order chi connectivity index (χ0) is 7.40. The molecule has 0 aromatic carbocycles. The average molecular weight is 160 g/mol. The summed E-state index contributed by atoms with van der Waals surface area (Å²) in [6.07, 6.45) is 1.77. The lowest BCUT2D eigenvalue weighted by molar-refractivity contribution is 0.418. The molecule has 2 nitrogen and oxygen atoms in total. The maximum absolute atomic E-state index is 3.50. The van der Waals surface area contributed by atoms with Crippen molar-refractivity contribution >= 4 is 11.8 Å². The summed E-state index contributed by atoms with van der Waals surface area (Å²) in [6.45, 7) is 2.24. The van der Waals surface area contributed by atoms with Gasteiger partial charge in [0.2, 0.25) is 0 Å². The second kappa shape index (κ2) is 4.21. The van der Waals surface area contributed by atoms with E-state index in [9.17, 15) is 0 Å². The summed E-state index contributed by atoms with van der Waals surface area (Å²) in [6, 6.07) is 0.657. The minimum absolute atomic E-state index is 0.532. The van der Waals surface area contributed by atoms with E-state index in [1.54, 1.807) is 0 Å². The van der Waals surface area contributed by atoms with E-state index in [-0.39, 0.29) is 0 Å². The summed E-state index contributed by atoms with van der Waals surface area (Å²) in [4.78, 5) is 0. The smallest absolute Gasteiger partial charge is 0.0579 e. The third-order valence-electron chi connectivity index (χ3n) is 1.75. The number of rotatable bonds is 1. The summed E-state index contributed by atoms with van der Waals surface area (Å²) in [7, 11) is 2.01. The molecule has 0 radical (unpaired) electrons. The molecule has 2 unspecified atom stereocenters. The molecule has 0 bridgehead atoms. The van der Waals surface area contributed by atoms with Crippen LogP contribution in [0.4, 0.5) is 0 Å². The Bertz CT molecular complexity index is 97.6. The molecule has 0 aliphatic carbocycles. The highest BCUT2D eigenvalue weighted by Gasteiger charge is 2.13.